The maximum Gasteiger partial charge on any atom is 0.258 e. The van der Waals surface area contributed by atoms with Crippen LogP contribution < -0.4 is 10.9 Å². The zero-order valence-corrected chi connectivity index (χ0v) is 16.6. The molecule has 1 aliphatic heterocycles. The lowest BCUT2D eigenvalue weighted by atomic mass is 10.0. The number of aromatic nitrogens is 2. The SMILES string of the molecule is Cc1c(NCc2cc(=O)n3cccc(C)c3n2)cccc1C(=O)N1CCOCC1. The number of hydrogen-bond acceptors (Lipinski definition) is 5. The molecule has 1 saturated heterocycles. The number of nitrogens with zero attached hydrogens (tertiary/aromatic N) is 3. The highest BCUT2D eigenvalue weighted by Gasteiger charge is 2.20. The largest absolute Gasteiger partial charge is 0.379 e. The number of rotatable bonds is 4. The molecule has 0 spiro atoms. The van der Waals surface area contributed by atoms with E-state index in [0.717, 1.165) is 16.8 Å². The number of nitrogens with one attached hydrogen (secondary N) is 1. The molecule has 0 radical (unpaired) electrons. The van der Waals surface area contributed by atoms with Crippen LogP contribution in [0, 0.1) is 13.8 Å². The number of ether oxygens (including phenoxy) is 1. The van der Waals surface area contributed by atoms with Crippen molar-refractivity contribution in [3.63, 3.8) is 0 Å². The Bertz CT molecular complexity index is 1120. The van der Waals surface area contributed by atoms with Crippen molar-refractivity contribution in [2.45, 2.75) is 20.4 Å². The molecule has 3 heterocycles. The summed E-state index contributed by atoms with van der Waals surface area (Å²) < 4.78 is 6.88. The van der Waals surface area contributed by atoms with Crippen LogP contribution in [0.3, 0.4) is 0 Å². The molecule has 1 amide bonds. The summed E-state index contributed by atoms with van der Waals surface area (Å²) in [4.78, 5) is 31.7. The number of aryl methyl sites for hydroxylation is 1. The molecule has 150 valence electrons. The van der Waals surface area contributed by atoms with Gasteiger partial charge in [0.05, 0.1) is 25.5 Å². The lowest BCUT2D eigenvalue weighted by Gasteiger charge is -2.27. The number of anilines is 1. The molecule has 7 nitrogen and oxygen atoms in total. The molecule has 3 aromatic rings. The fourth-order valence-corrected chi connectivity index (χ4v) is 3.58. The van der Waals surface area contributed by atoms with Crippen LogP contribution in [-0.2, 0) is 11.3 Å². The van der Waals surface area contributed by atoms with Gasteiger partial charge in [0.15, 0.2) is 0 Å². The predicted molar refractivity (Wildman–Crippen MR) is 111 cm³/mol. The van der Waals surface area contributed by atoms with Crippen LogP contribution in [-0.4, -0.2) is 46.5 Å². The predicted octanol–water partition coefficient (Wildman–Crippen LogP) is 2.40. The average Bonchev–Trinajstić information content (AvgIpc) is 2.74. The Labute approximate surface area is 168 Å². The summed E-state index contributed by atoms with van der Waals surface area (Å²) in [6.45, 7) is 6.64. The molecule has 1 aromatic carbocycles. The molecule has 2 aromatic heterocycles. The lowest BCUT2D eigenvalue weighted by Crippen LogP contribution is -2.41. The molecular weight excluding hydrogens is 368 g/mol. The molecule has 0 atom stereocenters. The van der Waals surface area contributed by atoms with Crippen molar-refractivity contribution in [2.75, 3.05) is 31.6 Å². The number of fused-ring (bicyclic) bond motifs is 1. The van der Waals surface area contributed by atoms with Gasteiger partial charge < -0.3 is 15.0 Å². The Kier molecular flexibility index (Phi) is 5.31. The van der Waals surface area contributed by atoms with Gasteiger partial charge in [-0.05, 0) is 43.2 Å². The summed E-state index contributed by atoms with van der Waals surface area (Å²) in [5.41, 5.74) is 4.58. The average molecular weight is 392 g/mol. The van der Waals surface area contributed by atoms with E-state index in [1.807, 2.05) is 49.1 Å². The summed E-state index contributed by atoms with van der Waals surface area (Å²) in [6, 6.07) is 11.0. The van der Waals surface area contributed by atoms with E-state index in [1.165, 1.54) is 6.07 Å². The quantitative estimate of drug-likeness (QED) is 0.738. The van der Waals surface area contributed by atoms with Crippen molar-refractivity contribution < 1.29 is 9.53 Å². The number of carbonyl (C=O) groups excluding carboxylic acids is 1. The Morgan fingerprint density at radius 2 is 1.97 bits per heavy atom. The van der Waals surface area contributed by atoms with Crippen molar-refractivity contribution in [2.24, 2.45) is 0 Å². The molecule has 7 heteroatoms. The minimum Gasteiger partial charge on any atom is -0.379 e. The highest BCUT2D eigenvalue weighted by molar-refractivity contribution is 5.97. The normalized spacial score (nSPS) is 14.2. The first-order valence-electron chi connectivity index (χ1n) is 9.73. The van der Waals surface area contributed by atoms with Gasteiger partial charge in [-0.1, -0.05) is 12.1 Å². The van der Waals surface area contributed by atoms with Gasteiger partial charge in [0.2, 0.25) is 0 Å². The molecule has 0 bridgehead atoms. The summed E-state index contributed by atoms with van der Waals surface area (Å²) in [5, 5.41) is 3.33. The monoisotopic (exact) mass is 392 g/mol. The van der Waals surface area contributed by atoms with Crippen molar-refractivity contribution in [3.8, 4) is 0 Å². The summed E-state index contributed by atoms with van der Waals surface area (Å²) in [6.07, 6.45) is 1.72. The maximum atomic E-state index is 12.9. The van der Waals surface area contributed by atoms with Gasteiger partial charge in [-0.2, -0.15) is 0 Å². The van der Waals surface area contributed by atoms with E-state index in [9.17, 15) is 9.59 Å². The summed E-state index contributed by atoms with van der Waals surface area (Å²) in [5.74, 6) is 0.0205. The Morgan fingerprint density at radius 1 is 1.17 bits per heavy atom. The van der Waals surface area contributed by atoms with Crippen molar-refractivity contribution in [1.82, 2.24) is 14.3 Å². The number of pyridine rings is 1. The second kappa shape index (κ2) is 8.05. The van der Waals surface area contributed by atoms with Gasteiger partial charge in [0.1, 0.15) is 5.65 Å². The van der Waals surface area contributed by atoms with Gasteiger partial charge in [-0.25, -0.2) is 4.98 Å². The van der Waals surface area contributed by atoms with Gasteiger partial charge in [-0.15, -0.1) is 0 Å². The fraction of sp³-hybridized carbons (Fsp3) is 0.318. The highest BCUT2D eigenvalue weighted by atomic mass is 16.5. The van der Waals surface area contributed by atoms with E-state index < -0.39 is 0 Å². The van der Waals surface area contributed by atoms with Crippen LogP contribution in [0.2, 0.25) is 0 Å². The molecule has 0 saturated carbocycles. The zero-order valence-electron chi connectivity index (χ0n) is 16.6. The third-order valence-corrected chi connectivity index (χ3v) is 5.26. The molecule has 29 heavy (non-hydrogen) atoms. The topological polar surface area (TPSA) is 75.9 Å². The maximum absolute atomic E-state index is 12.9. The van der Waals surface area contributed by atoms with Gasteiger partial charge >= 0.3 is 0 Å². The van der Waals surface area contributed by atoms with Gasteiger partial charge in [0, 0.05) is 36.6 Å². The van der Waals surface area contributed by atoms with E-state index in [2.05, 4.69) is 10.3 Å². The fourth-order valence-electron chi connectivity index (χ4n) is 3.58. The highest BCUT2D eigenvalue weighted by Crippen LogP contribution is 2.21. The number of amides is 1. The minimum absolute atomic E-state index is 0.0205. The Hall–Kier alpha value is -3.19. The number of morpholine rings is 1. The van der Waals surface area contributed by atoms with Crippen molar-refractivity contribution in [1.29, 1.82) is 0 Å². The molecule has 4 rings (SSSR count). The molecule has 1 fully saturated rings. The number of benzene rings is 1. The number of hydrogen-bond donors (Lipinski definition) is 1. The summed E-state index contributed by atoms with van der Waals surface area (Å²) in [7, 11) is 0. The Morgan fingerprint density at radius 3 is 2.76 bits per heavy atom. The third kappa shape index (κ3) is 3.86. The molecule has 0 aliphatic carbocycles. The number of carbonyl (C=O) groups is 1. The van der Waals surface area contributed by atoms with E-state index >= 15 is 0 Å². The van der Waals surface area contributed by atoms with Gasteiger partial charge in [0.25, 0.3) is 11.5 Å². The van der Waals surface area contributed by atoms with Gasteiger partial charge in [-0.3, -0.25) is 14.0 Å². The summed E-state index contributed by atoms with van der Waals surface area (Å²) >= 11 is 0. The van der Waals surface area contributed by atoms with Crippen LogP contribution in [0.25, 0.3) is 5.65 Å². The first-order valence-corrected chi connectivity index (χ1v) is 9.73. The van der Waals surface area contributed by atoms with Crippen molar-refractivity contribution in [3.05, 3.63) is 75.3 Å². The molecular formula is C22H24N4O3. The first kappa shape index (κ1) is 19.1. The van der Waals surface area contributed by atoms with Crippen molar-refractivity contribution >= 4 is 17.2 Å². The standard InChI is InChI=1S/C22H24N4O3/c1-15-5-4-8-26-20(27)13-17(24-21(15)26)14-23-19-7-3-6-18(16(19)2)22(28)25-9-11-29-12-10-25/h3-8,13,23H,9-12,14H2,1-2H3. The van der Waals surface area contributed by atoms with Crippen LogP contribution in [0.15, 0.2) is 47.4 Å². The van der Waals surface area contributed by atoms with Crippen LogP contribution in [0.4, 0.5) is 5.69 Å². The molecule has 1 N–H and O–H groups in total. The van der Waals surface area contributed by atoms with E-state index in [-0.39, 0.29) is 11.5 Å². The van der Waals surface area contributed by atoms with E-state index in [4.69, 9.17) is 4.74 Å². The smallest absolute Gasteiger partial charge is 0.258 e. The van der Waals surface area contributed by atoms with E-state index in [0.29, 0.717) is 49.8 Å². The van der Waals surface area contributed by atoms with Crippen LogP contribution >= 0.6 is 0 Å². The van der Waals surface area contributed by atoms with Crippen LogP contribution in [0.5, 0.6) is 0 Å². The van der Waals surface area contributed by atoms with E-state index in [1.54, 1.807) is 10.6 Å². The second-order valence-electron chi connectivity index (χ2n) is 7.21. The van der Waals surface area contributed by atoms with Crippen LogP contribution in [0.1, 0.15) is 27.2 Å². The lowest BCUT2D eigenvalue weighted by molar-refractivity contribution is 0.0302. The molecule has 1 aliphatic rings. The first-order chi connectivity index (χ1) is 14.0. The minimum atomic E-state index is -0.108. The third-order valence-electron chi connectivity index (χ3n) is 5.26. The molecule has 0 unspecified atom stereocenters. The Balaban J connectivity index is 1.56. The zero-order chi connectivity index (χ0) is 20.4. The second-order valence-corrected chi connectivity index (χ2v) is 7.21.